The molecule has 0 saturated heterocycles. The Hall–Kier alpha value is -4.88. The second-order valence-electron chi connectivity index (χ2n) is 12.1. The third-order valence-corrected chi connectivity index (χ3v) is 9.70. The van der Waals surface area contributed by atoms with Crippen molar-refractivity contribution in [3.63, 3.8) is 0 Å². The fourth-order valence-electron chi connectivity index (χ4n) is 7.86. The van der Waals surface area contributed by atoms with Crippen LogP contribution in [0.4, 0.5) is 0 Å². The van der Waals surface area contributed by atoms with E-state index in [4.69, 9.17) is 0 Å². The van der Waals surface area contributed by atoms with Crippen molar-refractivity contribution in [1.82, 2.24) is 4.57 Å². The van der Waals surface area contributed by atoms with E-state index >= 15 is 0 Å². The maximum absolute atomic E-state index is 2.41. The first-order valence-electron chi connectivity index (χ1n) is 14.6. The number of hydrogen-bond acceptors (Lipinski definition) is 0. The number of para-hydroxylation sites is 2. The van der Waals surface area contributed by atoms with Crippen LogP contribution >= 0.6 is 0 Å². The zero-order chi connectivity index (χ0) is 27.3. The van der Waals surface area contributed by atoms with Crippen LogP contribution in [0.3, 0.4) is 0 Å². The summed E-state index contributed by atoms with van der Waals surface area (Å²) in [6.45, 7) is 4.74. The third kappa shape index (κ3) is 2.96. The van der Waals surface area contributed by atoms with E-state index in [0.29, 0.717) is 0 Å². The molecule has 2 aliphatic carbocycles. The van der Waals surface area contributed by atoms with Gasteiger partial charge in [-0.05, 0) is 74.3 Å². The molecule has 0 N–H and O–H groups in total. The molecular formula is C40H29N. The van der Waals surface area contributed by atoms with Crippen LogP contribution in [-0.4, -0.2) is 4.57 Å². The molecule has 0 radical (unpaired) electrons. The van der Waals surface area contributed by atoms with Crippen LogP contribution in [0, 0.1) is 0 Å². The van der Waals surface area contributed by atoms with E-state index in [2.05, 4.69) is 152 Å². The van der Waals surface area contributed by atoms with Crippen LogP contribution in [0.2, 0.25) is 0 Å². The van der Waals surface area contributed by atoms with Crippen molar-refractivity contribution < 1.29 is 0 Å². The minimum absolute atomic E-state index is 0.00204. The lowest BCUT2D eigenvalue weighted by atomic mass is 9.81. The molecule has 2 aliphatic rings. The van der Waals surface area contributed by atoms with Crippen LogP contribution in [-0.2, 0) is 5.41 Å². The lowest BCUT2D eigenvalue weighted by Crippen LogP contribution is -2.15. The summed E-state index contributed by atoms with van der Waals surface area (Å²) in [6, 6.07) is 49.6. The maximum Gasteiger partial charge on any atom is 0.0541 e. The largest absolute Gasteiger partial charge is 0.309 e. The Morgan fingerprint density at radius 1 is 0.488 bits per heavy atom. The molecule has 1 atom stereocenters. The average Bonchev–Trinajstić information content (AvgIpc) is 3.61. The molecular weight excluding hydrogens is 494 g/mol. The van der Waals surface area contributed by atoms with E-state index in [1.54, 1.807) is 0 Å². The van der Waals surface area contributed by atoms with Crippen LogP contribution < -0.4 is 0 Å². The topological polar surface area (TPSA) is 4.93 Å². The van der Waals surface area contributed by atoms with Gasteiger partial charge in [0.2, 0.25) is 0 Å². The van der Waals surface area contributed by atoms with Crippen molar-refractivity contribution in [2.24, 2.45) is 0 Å². The molecule has 9 rings (SSSR count). The first-order valence-corrected chi connectivity index (χ1v) is 14.6. The molecule has 0 aliphatic heterocycles. The van der Waals surface area contributed by atoms with Gasteiger partial charge in [0, 0.05) is 27.8 Å². The van der Waals surface area contributed by atoms with Gasteiger partial charge >= 0.3 is 0 Å². The summed E-state index contributed by atoms with van der Waals surface area (Å²) in [5, 5.41) is 2.59. The maximum atomic E-state index is 2.41. The molecule has 0 fully saturated rings. The normalized spacial score (nSPS) is 16.0. The van der Waals surface area contributed by atoms with Crippen LogP contribution in [0.5, 0.6) is 0 Å². The van der Waals surface area contributed by atoms with Gasteiger partial charge in [-0.1, -0.05) is 123 Å². The van der Waals surface area contributed by atoms with Crippen LogP contribution in [0.1, 0.15) is 47.6 Å². The van der Waals surface area contributed by atoms with Gasteiger partial charge in [0.25, 0.3) is 0 Å². The van der Waals surface area contributed by atoms with E-state index in [-0.39, 0.29) is 11.3 Å². The van der Waals surface area contributed by atoms with Crippen molar-refractivity contribution in [2.75, 3.05) is 0 Å². The van der Waals surface area contributed by atoms with Crippen molar-refractivity contribution in [3.8, 4) is 27.9 Å². The fourth-order valence-corrected chi connectivity index (χ4v) is 7.86. The highest BCUT2D eigenvalue weighted by molar-refractivity contribution is 6.09. The smallest absolute Gasteiger partial charge is 0.0541 e. The summed E-state index contributed by atoms with van der Waals surface area (Å²) < 4.78 is 2.40. The summed E-state index contributed by atoms with van der Waals surface area (Å²) in [5.74, 6) is 0.217. The van der Waals surface area contributed by atoms with Crippen molar-refractivity contribution in [1.29, 1.82) is 0 Å². The van der Waals surface area contributed by atoms with Crippen LogP contribution in [0.15, 0.2) is 133 Å². The van der Waals surface area contributed by atoms with Gasteiger partial charge in [-0.25, -0.2) is 0 Å². The van der Waals surface area contributed by atoms with Gasteiger partial charge in [0.05, 0.1) is 11.0 Å². The Morgan fingerprint density at radius 2 is 1.10 bits per heavy atom. The van der Waals surface area contributed by atoms with Gasteiger partial charge in [0.1, 0.15) is 0 Å². The standard InChI is InChI=1S/C40H29N/c1-40(2)33-16-8-5-15-31(33)39-34(40)24-23-32-37(29-13-3-4-14-30(29)38(32)39)25-19-21-26(22-20-25)41-35-17-9-6-11-27(35)28-12-7-10-18-36(28)41/h3-24,37H,1-2H3. The first-order chi connectivity index (χ1) is 20.1. The van der Waals surface area contributed by atoms with Crippen molar-refractivity contribution >= 4 is 21.8 Å². The second kappa shape index (κ2) is 8.08. The number of aromatic nitrogens is 1. The average molecular weight is 524 g/mol. The van der Waals surface area contributed by atoms with Crippen molar-refractivity contribution in [3.05, 3.63) is 161 Å². The summed E-state index contributed by atoms with van der Waals surface area (Å²) >= 11 is 0. The second-order valence-corrected chi connectivity index (χ2v) is 12.1. The van der Waals surface area contributed by atoms with Gasteiger partial charge < -0.3 is 4.57 Å². The minimum atomic E-state index is -0.00204. The van der Waals surface area contributed by atoms with E-state index in [1.807, 2.05) is 0 Å². The minimum Gasteiger partial charge on any atom is -0.309 e. The molecule has 1 aromatic heterocycles. The lowest BCUT2D eigenvalue weighted by Gasteiger charge is -2.22. The lowest BCUT2D eigenvalue weighted by molar-refractivity contribution is 0.660. The fraction of sp³-hybridized carbons (Fsp3) is 0.100. The van der Waals surface area contributed by atoms with Crippen molar-refractivity contribution in [2.45, 2.75) is 25.2 Å². The van der Waals surface area contributed by atoms with Gasteiger partial charge in [-0.2, -0.15) is 0 Å². The molecule has 41 heavy (non-hydrogen) atoms. The third-order valence-electron chi connectivity index (χ3n) is 9.70. The molecule has 1 unspecified atom stereocenters. The molecule has 1 heterocycles. The molecule has 0 bridgehead atoms. The van der Waals surface area contributed by atoms with E-state index in [1.165, 1.54) is 77.6 Å². The Kier molecular flexibility index (Phi) is 4.51. The molecule has 6 aromatic carbocycles. The monoisotopic (exact) mass is 523 g/mol. The van der Waals surface area contributed by atoms with E-state index < -0.39 is 0 Å². The van der Waals surface area contributed by atoms with Gasteiger partial charge in [-0.3, -0.25) is 0 Å². The highest BCUT2D eigenvalue weighted by Gasteiger charge is 2.41. The molecule has 194 valence electrons. The molecule has 1 heteroatoms. The quantitative estimate of drug-likeness (QED) is 0.212. The number of fused-ring (bicyclic) bond motifs is 10. The summed E-state index contributed by atoms with van der Waals surface area (Å²) in [7, 11) is 0. The molecule has 0 saturated carbocycles. The Labute approximate surface area is 240 Å². The number of benzene rings is 6. The zero-order valence-corrected chi connectivity index (χ0v) is 23.2. The molecule has 0 amide bonds. The highest BCUT2D eigenvalue weighted by atomic mass is 15.0. The molecule has 1 nitrogen and oxygen atoms in total. The van der Waals surface area contributed by atoms with Gasteiger partial charge in [-0.15, -0.1) is 0 Å². The summed E-state index contributed by atoms with van der Waals surface area (Å²) in [5.41, 5.74) is 16.3. The molecule has 0 spiro atoms. The Balaban J connectivity index is 1.24. The summed E-state index contributed by atoms with van der Waals surface area (Å²) in [4.78, 5) is 0. The number of hydrogen-bond donors (Lipinski definition) is 0. The Bertz CT molecular complexity index is 2120. The number of rotatable bonds is 2. The first kappa shape index (κ1) is 22.9. The molecule has 7 aromatic rings. The van der Waals surface area contributed by atoms with Gasteiger partial charge in [0.15, 0.2) is 0 Å². The van der Waals surface area contributed by atoms with Crippen LogP contribution in [0.25, 0.3) is 49.7 Å². The highest BCUT2D eigenvalue weighted by Crippen LogP contribution is 2.58. The SMILES string of the molecule is CC1(C)c2ccccc2-c2c1ccc1c2-c2ccccc2C1c1ccc(-n2c3ccccc3c3ccccc32)cc1. The zero-order valence-electron chi connectivity index (χ0n) is 23.2. The predicted molar refractivity (Wildman–Crippen MR) is 171 cm³/mol. The van der Waals surface area contributed by atoms with E-state index in [9.17, 15) is 0 Å². The van der Waals surface area contributed by atoms with E-state index in [0.717, 1.165) is 0 Å². The summed E-state index contributed by atoms with van der Waals surface area (Å²) in [6.07, 6.45) is 0. The Morgan fingerprint density at radius 3 is 1.83 bits per heavy atom. The number of nitrogens with zero attached hydrogens (tertiary/aromatic N) is 1. The predicted octanol–water partition coefficient (Wildman–Crippen LogP) is 10.3.